The Labute approximate surface area is 501 Å². The molecule has 0 bridgehead atoms. The zero-order valence-corrected chi connectivity index (χ0v) is 53.9. The quantitative estimate of drug-likeness (QED) is 0.0264. The molecule has 0 aromatic carbocycles. The average molecular weight is 1160 g/mol. The highest BCUT2D eigenvalue weighted by Crippen LogP contribution is 2.43. The summed E-state index contributed by atoms with van der Waals surface area (Å²) in [7, 11) is -4.39. The Morgan fingerprint density at radius 1 is 0.383 bits per heavy atom. The highest BCUT2D eigenvalue weighted by atomic mass is 31.2. The van der Waals surface area contributed by atoms with Crippen molar-refractivity contribution in [3.63, 3.8) is 0 Å². The zero-order chi connectivity index (χ0) is 58.7. The van der Waals surface area contributed by atoms with Crippen molar-refractivity contribution < 1.29 is 37.6 Å². The summed E-state index contributed by atoms with van der Waals surface area (Å²) in [6.07, 6.45) is 87.2. The molecule has 9 nitrogen and oxygen atoms in total. The van der Waals surface area contributed by atoms with Crippen molar-refractivity contribution in [2.75, 3.05) is 26.4 Å². The van der Waals surface area contributed by atoms with Gasteiger partial charge in [0, 0.05) is 19.4 Å². The third kappa shape index (κ3) is 66.5. The van der Waals surface area contributed by atoms with E-state index in [0.29, 0.717) is 6.42 Å². The van der Waals surface area contributed by atoms with Crippen molar-refractivity contribution >= 4 is 19.8 Å². The normalized spacial score (nSPS) is 13.4. The molecular formula is C71H130NO8P. The Bertz CT molecular complexity index is 1560. The van der Waals surface area contributed by atoms with Crippen LogP contribution < -0.4 is 5.73 Å². The Morgan fingerprint density at radius 2 is 0.679 bits per heavy atom. The minimum atomic E-state index is -4.39. The third-order valence-electron chi connectivity index (χ3n) is 15.1. The number of allylic oxidation sites excluding steroid dienone is 12. The fraction of sp³-hybridized carbons (Fsp3) is 0.803. The van der Waals surface area contributed by atoms with Crippen molar-refractivity contribution in [2.24, 2.45) is 5.73 Å². The van der Waals surface area contributed by atoms with Crippen LogP contribution in [0.3, 0.4) is 0 Å². The summed E-state index contributed by atoms with van der Waals surface area (Å²) < 4.78 is 33.1. The molecule has 0 aromatic heterocycles. The molecule has 0 amide bonds. The summed E-state index contributed by atoms with van der Waals surface area (Å²) in [6.45, 7) is 3.67. The van der Waals surface area contributed by atoms with Gasteiger partial charge in [0.05, 0.1) is 13.2 Å². The van der Waals surface area contributed by atoms with E-state index in [1.807, 2.05) is 0 Å². The smallest absolute Gasteiger partial charge is 0.462 e. The fourth-order valence-corrected chi connectivity index (χ4v) is 10.8. The number of phosphoric ester groups is 1. The molecule has 2 atom stereocenters. The number of ether oxygens (including phenoxy) is 2. The van der Waals surface area contributed by atoms with Gasteiger partial charge in [-0.05, 0) is 83.5 Å². The second kappa shape index (κ2) is 66.6. The molecular weight excluding hydrogens is 1030 g/mol. The van der Waals surface area contributed by atoms with E-state index in [0.717, 1.165) is 64.2 Å². The van der Waals surface area contributed by atoms with Crippen LogP contribution >= 0.6 is 7.82 Å². The lowest BCUT2D eigenvalue weighted by molar-refractivity contribution is -0.161. The van der Waals surface area contributed by atoms with E-state index < -0.39 is 26.5 Å². The molecule has 0 fully saturated rings. The van der Waals surface area contributed by atoms with Crippen LogP contribution in [0.5, 0.6) is 0 Å². The number of hydrogen-bond donors (Lipinski definition) is 2. The van der Waals surface area contributed by atoms with Gasteiger partial charge in [0.1, 0.15) is 6.61 Å². The molecule has 472 valence electrons. The van der Waals surface area contributed by atoms with Crippen molar-refractivity contribution in [2.45, 2.75) is 341 Å². The molecule has 0 saturated heterocycles. The van der Waals surface area contributed by atoms with Gasteiger partial charge in [-0.15, -0.1) is 0 Å². The number of hydrogen-bond acceptors (Lipinski definition) is 8. The van der Waals surface area contributed by atoms with Gasteiger partial charge in [-0.2, -0.15) is 0 Å². The van der Waals surface area contributed by atoms with Crippen molar-refractivity contribution in [1.82, 2.24) is 0 Å². The highest BCUT2D eigenvalue weighted by molar-refractivity contribution is 7.47. The van der Waals surface area contributed by atoms with Crippen LogP contribution in [0, 0.1) is 0 Å². The van der Waals surface area contributed by atoms with Gasteiger partial charge in [-0.3, -0.25) is 18.6 Å². The standard InChI is InChI=1S/C71H130NO8P/c1-3-5-7-9-11-13-15-17-19-21-23-24-25-26-27-28-29-30-31-32-33-34-35-36-37-38-39-40-41-42-43-44-46-48-50-52-54-56-58-60-62-64-71(74)80-69(68-79-81(75,76)78-66-65-72)67-77-70(73)63-61-59-57-55-53-51-49-47-45-22-20-18-16-14-12-10-8-6-4-2/h5,7,11,13,17-20,23-24,26-27,69H,3-4,6,8-10,12,14-16,21-22,25,28-68,72H2,1-2H3,(H,75,76)/b7-5-,13-11-,19-17-,20-18-,24-23-,27-26-. The fourth-order valence-electron chi connectivity index (χ4n) is 10.0. The predicted molar refractivity (Wildman–Crippen MR) is 349 cm³/mol. The van der Waals surface area contributed by atoms with E-state index in [1.165, 1.54) is 238 Å². The maximum Gasteiger partial charge on any atom is 0.472 e. The topological polar surface area (TPSA) is 134 Å². The lowest BCUT2D eigenvalue weighted by Crippen LogP contribution is -2.29. The van der Waals surface area contributed by atoms with Gasteiger partial charge in [-0.1, -0.05) is 311 Å². The number of nitrogens with two attached hydrogens (primary N) is 1. The maximum atomic E-state index is 12.7. The van der Waals surface area contributed by atoms with Crippen LogP contribution in [0.1, 0.15) is 335 Å². The van der Waals surface area contributed by atoms with Crippen LogP contribution in [0.2, 0.25) is 0 Å². The lowest BCUT2D eigenvalue weighted by Gasteiger charge is -2.19. The van der Waals surface area contributed by atoms with E-state index in [9.17, 15) is 19.0 Å². The largest absolute Gasteiger partial charge is 0.472 e. The van der Waals surface area contributed by atoms with Gasteiger partial charge in [-0.25, -0.2) is 4.57 Å². The third-order valence-corrected chi connectivity index (χ3v) is 16.1. The number of carbonyl (C=O) groups is 2. The first kappa shape index (κ1) is 78.5. The van der Waals surface area contributed by atoms with Crippen LogP contribution in [-0.2, 0) is 32.7 Å². The zero-order valence-electron chi connectivity index (χ0n) is 53.0. The summed E-state index contributed by atoms with van der Waals surface area (Å²) in [6, 6.07) is 0. The molecule has 0 aliphatic heterocycles. The van der Waals surface area contributed by atoms with E-state index in [2.05, 4.69) is 86.8 Å². The summed E-state index contributed by atoms with van der Waals surface area (Å²) in [5.41, 5.74) is 5.39. The molecule has 0 rings (SSSR count). The van der Waals surface area contributed by atoms with Crippen molar-refractivity contribution in [1.29, 1.82) is 0 Å². The average Bonchev–Trinajstić information content (AvgIpc) is 3.46. The Hall–Kier alpha value is -2.55. The monoisotopic (exact) mass is 1160 g/mol. The second-order valence-electron chi connectivity index (χ2n) is 23.0. The van der Waals surface area contributed by atoms with Gasteiger partial charge < -0.3 is 20.1 Å². The van der Waals surface area contributed by atoms with Crippen molar-refractivity contribution in [3.05, 3.63) is 72.9 Å². The summed E-state index contributed by atoms with van der Waals surface area (Å²) in [4.78, 5) is 35.3. The summed E-state index contributed by atoms with van der Waals surface area (Å²) >= 11 is 0. The number of carbonyl (C=O) groups excluding carboxylic acids is 2. The molecule has 0 radical (unpaired) electrons. The minimum absolute atomic E-state index is 0.0541. The Balaban J connectivity index is 3.77. The second-order valence-corrected chi connectivity index (χ2v) is 24.5. The molecule has 81 heavy (non-hydrogen) atoms. The number of esters is 2. The lowest BCUT2D eigenvalue weighted by atomic mass is 10.0. The molecule has 0 aliphatic carbocycles. The number of unbranched alkanes of at least 4 members (excludes halogenated alkanes) is 40. The van der Waals surface area contributed by atoms with Gasteiger partial charge >= 0.3 is 19.8 Å². The van der Waals surface area contributed by atoms with E-state index in [-0.39, 0.29) is 38.6 Å². The predicted octanol–water partition coefficient (Wildman–Crippen LogP) is 22.4. The minimum Gasteiger partial charge on any atom is -0.462 e. The Kier molecular flexibility index (Phi) is 64.5. The molecule has 2 unspecified atom stereocenters. The van der Waals surface area contributed by atoms with Gasteiger partial charge in [0.25, 0.3) is 0 Å². The first-order valence-corrected chi connectivity index (χ1v) is 35.9. The molecule has 0 saturated carbocycles. The first-order chi connectivity index (χ1) is 39.8. The van der Waals surface area contributed by atoms with Gasteiger partial charge in [0.2, 0.25) is 0 Å². The van der Waals surface area contributed by atoms with E-state index in [1.54, 1.807) is 0 Å². The van der Waals surface area contributed by atoms with Crippen LogP contribution in [0.25, 0.3) is 0 Å². The molecule has 3 N–H and O–H groups in total. The van der Waals surface area contributed by atoms with E-state index >= 15 is 0 Å². The molecule has 0 aliphatic rings. The molecule has 10 heteroatoms. The molecule has 0 heterocycles. The maximum absolute atomic E-state index is 12.7. The number of rotatable bonds is 65. The van der Waals surface area contributed by atoms with Crippen LogP contribution in [0.15, 0.2) is 72.9 Å². The first-order valence-electron chi connectivity index (χ1n) is 34.4. The Morgan fingerprint density at radius 3 is 1.02 bits per heavy atom. The molecule has 0 spiro atoms. The summed E-state index contributed by atoms with van der Waals surface area (Å²) in [5.74, 6) is -0.814. The SMILES string of the molecule is CC/C=C\C/C=C\C/C=C\C/C=C\C/C=C\CCCCCCCCCCCCCCCCCCCCCCCCCCCC(=O)OC(COC(=O)CCCCCCCCCCC/C=C\CCCCCCCC)COP(=O)(O)OCCN. The van der Waals surface area contributed by atoms with Crippen molar-refractivity contribution in [3.8, 4) is 0 Å². The summed E-state index contributed by atoms with van der Waals surface area (Å²) in [5, 5.41) is 0. The van der Waals surface area contributed by atoms with Gasteiger partial charge in [0.15, 0.2) is 6.10 Å². The van der Waals surface area contributed by atoms with Crippen LogP contribution in [-0.4, -0.2) is 49.3 Å². The van der Waals surface area contributed by atoms with E-state index in [4.69, 9.17) is 24.3 Å². The van der Waals surface area contributed by atoms with Crippen LogP contribution in [0.4, 0.5) is 0 Å². The number of phosphoric acid groups is 1. The molecule has 0 aromatic rings. The highest BCUT2D eigenvalue weighted by Gasteiger charge is 2.26.